The fourth-order valence-corrected chi connectivity index (χ4v) is 2.40. The second kappa shape index (κ2) is 4.66. The van der Waals surface area contributed by atoms with Gasteiger partial charge in [0.1, 0.15) is 12.9 Å². The zero-order valence-electron chi connectivity index (χ0n) is 8.90. The lowest BCUT2D eigenvalue weighted by Gasteiger charge is -1.97. The lowest BCUT2D eigenvalue weighted by molar-refractivity contribution is -0.142. The fourth-order valence-electron chi connectivity index (χ4n) is 1.40. The van der Waals surface area contributed by atoms with Gasteiger partial charge in [0, 0.05) is 0 Å². The summed E-state index contributed by atoms with van der Waals surface area (Å²) in [6, 6.07) is 5.52. The Bertz CT molecular complexity index is 524. The first-order chi connectivity index (χ1) is 7.69. The van der Waals surface area contributed by atoms with Crippen molar-refractivity contribution in [2.45, 2.75) is 13.3 Å². The van der Waals surface area contributed by atoms with Crippen LogP contribution in [0, 0.1) is 0 Å². The van der Waals surface area contributed by atoms with E-state index >= 15 is 0 Å². The van der Waals surface area contributed by atoms with Gasteiger partial charge >= 0.3 is 5.97 Å². The standard InChI is InChI=1S/C11H10BNO2S/c1-2-15-11(14)6-10-13-8-4-3-7(12)5-9(8)16-10/h3-5H,2,6H2,1H3. The number of rotatable bonds is 3. The third-order valence-electron chi connectivity index (χ3n) is 2.06. The van der Waals surface area contributed by atoms with E-state index in [9.17, 15) is 4.79 Å². The first-order valence-corrected chi connectivity index (χ1v) is 5.81. The van der Waals surface area contributed by atoms with Crippen molar-refractivity contribution in [2.75, 3.05) is 6.61 Å². The van der Waals surface area contributed by atoms with Gasteiger partial charge in [-0.1, -0.05) is 11.5 Å². The van der Waals surface area contributed by atoms with Crippen molar-refractivity contribution in [1.29, 1.82) is 0 Å². The molecule has 0 amide bonds. The molecule has 1 aromatic carbocycles. The molecule has 1 aromatic heterocycles. The second-order valence-electron chi connectivity index (χ2n) is 3.32. The Hall–Kier alpha value is -1.36. The van der Waals surface area contributed by atoms with Gasteiger partial charge in [-0.3, -0.25) is 4.79 Å². The molecule has 0 aliphatic carbocycles. The second-order valence-corrected chi connectivity index (χ2v) is 4.43. The molecule has 1 heterocycles. The molecule has 3 nitrogen and oxygen atoms in total. The maximum absolute atomic E-state index is 11.3. The van der Waals surface area contributed by atoms with E-state index in [4.69, 9.17) is 12.6 Å². The quantitative estimate of drug-likeness (QED) is 0.588. The smallest absolute Gasteiger partial charge is 0.312 e. The monoisotopic (exact) mass is 231 g/mol. The van der Waals surface area contributed by atoms with Gasteiger partial charge in [0.15, 0.2) is 0 Å². The van der Waals surface area contributed by atoms with Crippen LogP contribution in [0.3, 0.4) is 0 Å². The van der Waals surface area contributed by atoms with E-state index in [1.165, 1.54) is 11.3 Å². The Morgan fingerprint density at radius 1 is 1.56 bits per heavy atom. The van der Waals surface area contributed by atoms with Gasteiger partial charge in [0.05, 0.1) is 23.2 Å². The predicted molar refractivity (Wildman–Crippen MR) is 65.3 cm³/mol. The van der Waals surface area contributed by atoms with E-state index in [2.05, 4.69) is 4.98 Å². The van der Waals surface area contributed by atoms with Crippen LogP contribution < -0.4 is 5.46 Å². The van der Waals surface area contributed by atoms with Crippen molar-refractivity contribution >= 4 is 40.8 Å². The maximum Gasteiger partial charge on any atom is 0.312 e. The maximum atomic E-state index is 11.3. The summed E-state index contributed by atoms with van der Waals surface area (Å²) in [6.45, 7) is 2.19. The molecule has 0 saturated carbocycles. The Morgan fingerprint density at radius 3 is 3.12 bits per heavy atom. The molecule has 0 aliphatic rings. The number of esters is 1. The predicted octanol–water partition coefficient (Wildman–Crippen LogP) is 1.20. The molecule has 0 atom stereocenters. The zero-order chi connectivity index (χ0) is 11.5. The van der Waals surface area contributed by atoms with E-state index in [0.717, 1.165) is 15.2 Å². The van der Waals surface area contributed by atoms with Crippen molar-refractivity contribution in [1.82, 2.24) is 4.98 Å². The summed E-state index contributed by atoms with van der Waals surface area (Å²) in [5.41, 5.74) is 1.58. The lowest BCUT2D eigenvalue weighted by Crippen LogP contribution is -2.06. The number of hydrogen-bond acceptors (Lipinski definition) is 4. The fraction of sp³-hybridized carbons (Fsp3) is 0.273. The highest BCUT2D eigenvalue weighted by Gasteiger charge is 2.09. The Balaban J connectivity index is 2.23. The van der Waals surface area contributed by atoms with E-state index in [-0.39, 0.29) is 12.4 Å². The molecule has 0 fully saturated rings. The molecular formula is C11H10BNO2S. The van der Waals surface area contributed by atoms with E-state index < -0.39 is 0 Å². The van der Waals surface area contributed by atoms with E-state index in [1.807, 2.05) is 12.1 Å². The molecule has 0 saturated heterocycles. The Labute approximate surface area is 98.9 Å². The Morgan fingerprint density at radius 2 is 2.38 bits per heavy atom. The number of benzene rings is 1. The van der Waals surface area contributed by atoms with Gasteiger partial charge in [-0.15, -0.1) is 11.3 Å². The number of aromatic nitrogens is 1. The SMILES string of the molecule is [B]c1ccc2nc(CC(=O)OCC)sc2c1. The van der Waals surface area contributed by atoms with Gasteiger partial charge in [-0.05, 0) is 19.1 Å². The van der Waals surface area contributed by atoms with Gasteiger partial charge < -0.3 is 4.74 Å². The summed E-state index contributed by atoms with van der Waals surface area (Å²) in [4.78, 5) is 15.6. The minimum Gasteiger partial charge on any atom is -0.466 e. The number of thiazole rings is 1. The highest BCUT2D eigenvalue weighted by molar-refractivity contribution is 7.18. The largest absolute Gasteiger partial charge is 0.466 e. The van der Waals surface area contributed by atoms with E-state index in [0.29, 0.717) is 12.1 Å². The molecule has 80 valence electrons. The number of carbonyl (C=O) groups is 1. The topological polar surface area (TPSA) is 39.2 Å². The number of ether oxygens (including phenoxy) is 1. The molecule has 0 N–H and O–H groups in total. The summed E-state index contributed by atoms with van der Waals surface area (Å²) in [7, 11) is 5.67. The number of fused-ring (bicyclic) bond motifs is 1. The van der Waals surface area contributed by atoms with Crippen LogP contribution in [0.4, 0.5) is 0 Å². The molecule has 0 aliphatic heterocycles. The molecule has 5 heteroatoms. The average molecular weight is 231 g/mol. The van der Waals surface area contributed by atoms with Gasteiger partial charge in [0.25, 0.3) is 0 Å². The Kier molecular flexibility index (Phi) is 3.24. The average Bonchev–Trinajstić information content (AvgIpc) is 2.59. The van der Waals surface area contributed by atoms with Crippen molar-refractivity contribution < 1.29 is 9.53 Å². The first kappa shape index (κ1) is 11.1. The normalized spacial score (nSPS) is 10.6. The summed E-state index contributed by atoms with van der Waals surface area (Å²) in [6.07, 6.45) is 0.229. The minimum absolute atomic E-state index is 0.229. The van der Waals surface area contributed by atoms with Gasteiger partial charge in [-0.2, -0.15) is 0 Å². The van der Waals surface area contributed by atoms with Crippen LogP contribution >= 0.6 is 11.3 Å². The van der Waals surface area contributed by atoms with Crippen molar-refractivity contribution in [3.05, 3.63) is 23.2 Å². The third kappa shape index (κ3) is 2.42. The molecule has 0 unspecified atom stereocenters. The van der Waals surface area contributed by atoms with Crippen LogP contribution in [0.2, 0.25) is 0 Å². The van der Waals surface area contributed by atoms with Crippen LogP contribution in [-0.4, -0.2) is 25.4 Å². The minimum atomic E-state index is -0.241. The lowest BCUT2D eigenvalue weighted by atomic mass is 9.97. The molecular weight excluding hydrogens is 221 g/mol. The third-order valence-corrected chi connectivity index (χ3v) is 3.08. The zero-order valence-corrected chi connectivity index (χ0v) is 9.71. The van der Waals surface area contributed by atoms with Crippen molar-refractivity contribution in [3.63, 3.8) is 0 Å². The van der Waals surface area contributed by atoms with Crippen molar-refractivity contribution in [2.24, 2.45) is 0 Å². The number of hydrogen-bond donors (Lipinski definition) is 0. The number of nitrogens with zero attached hydrogens (tertiary/aromatic N) is 1. The van der Waals surface area contributed by atoms with Crippen molar-refractivity contribution in [3.8, 4) is 0 Å². The summed E-state index contributed by atoms with van der Waals surface area (Å²) in [5, 5.41) is 0.763. The highest BCUT2D eigenvalue weighted by Crippen LogP contribution is 2.21. The van der Waals surface area contributed by atoms with Crippen LogP contribution in [0.5, 0.6) is 0 Å². The first-order valence-electron chi connectivity index (χ1n) is 4.99. The van der Waals surface area contributed by atoms with Crippen LogP contribution in [0.25, 0.3) is 10.2 Å². The molecule has 0 spiro atoms. The summed E-state index contributed by atoms with van der Waals surface area (Å²) in [5.74, 6) is -0.241. The molecule has 2 aromatic rings. The molecule has 2 rings (SSSR count). The van der Waals surface area contributed by atoms with Gasteiger partial charge in [-0.25, -0.2) is 4.98 Å². The van der Waals surface area contributed by atoms with Crippen LogP contribution in [0.15, 0.2) is 18.2 Å². The molecule has 0 bridgehead atoms. The molecule has 2 radical (unpaired) electrons. The number of carbonyl (C=O) groups excluding carboxylic acids is 1. The van der Waals surface area contributed by atoms with Crippen LogP contribution in [-0.2, 0) is 16.0 Å². The molecule has 16 heavy (non-hydrogen) atoms. The van der Waals surface area contributed by atoms with Gasteiger partial charge in [0.2, 0.25) is 0 Å². The summed E-state index contributed by atoms with van der Waals surface area (Å²) < 4.78 is 5.87. The van der Waals surface area contributed by atoms with Crippen LogP contribution in [0.1, 0.15) is 11.9 Å². The highest BCUT2D eigenvalue weighted by atomic mass is 32.1. The summed E-state index contributed by atoms with van der Waals surface area (Å²) >= 11 is 1.47. The van der Waals surface area contributed by atoms with E-state index in [1.54, 1.807) is 13.0 Å².